The van der Waals surface area contributed by atoms with Crippen LogP contribution in [0.15, 0.2) is 78.2 Å². The number of benzene rings is 2. The summed E-state index contributed by atoms with van der Waals surface area (Å²) in [6.45, 7) is 0. The van der Waals surface area contributed by atoms with E-state index in [1.54, 1.807) is 35.6 Å². The molecular formula is C21H17NO2S. The van der Waals surface area contributed by atoms with Gasteiger partial charge in [0.05, 0.1) is 6.42 Å². The third-order valence-electron chi connectivity index (χ3n) is 3.59. The number of hydrogen-bond acceptors (Lipinski definition) is 3. The van der Waals surface area contributed by atoms with Crippen molar-refractivity contribution >= 4 is 34.8 Å². The Morgan fingerprint density at radius 1 is 0.920 bits per heavy atom. The highest BCUT2D eigenvalue weighted by atomic mass is 32.1. The summed E-state index contributed by atoms with van der Waals surface area (Å²) in [5.41, 5.74) is 2.31. The van der Waals surface area contributed by atoms with Gasteiger partial charge in [0.1, 0.15) is 0 Å². The van der Waals surface area contributed by atoms with Crippen molar-refractivity contribution in [3.63, 3.8) is 0 Å². The molecule has 1 aromatic heterocycles. The molecule has 2 aromatic carbocycles. The molecule has 1 amide bonds. The van der Waals surface area contributed by atoms with Crippen LogP contribution in [0.4, 0.5) is 5.69 Å². The topological polar surface area (TPSA) is 46.2 Å². The van der Waals surface area contributed by atoms with E-state index in [9.17, 15) is 9.59 Å². The normalized spacial score (nSPS) is 10.7. The summed E-state index contributed by atoms with van der Waals surface area (Å²) in [5.74, 6) is -0.0704. The summed E-state index contributed by atoms with van der Waals surface area (Å²) in [6.07, 6.45) is 3.71. The predicted octanol–water partition coefficient (Wildman–Crippen LogP) is 4.83. The molecule has 1 heterocycles. The lowest BCUT2D eigenvalue weighted by Crippen LogP contribution is -2.13. The summed E-state index contributed by atoms with van der Waals surface area (Å²) in [4.78, 5) is 25.1. The van der Waals surface area contributed by atoms with Crippen LogP contribution in [0, 0.1) is 0 Å². The number of nitrogens with one attached hydrogen (secondary N) is 1. The number of carbonyl (C=O) groups excluding carboxylic acids is 2. The van der Waals surface area contributed by atoms with E-state index in [0.29, 0.717) is 12.0 Å². The largest absolute Gasteiger partial charge is 0.326 e. The maximum Gasteiger partial charge on any atom is 0.229 e. The number of allylic oxidation sites excluding steroid dienone is 1. The Morgan fingerprint density at radius 2 is 1.68 bits per heavy atom. The zero-order valence-electron chi connectivity index (χ0n) is 13.5. The highest BCUT2D eigenvalue weighted by molar-refractivity contribution is 7.10. The number of rotatable bonds is 6. The second-order valence-electron chi connectivity index (χ2n) is 5.49. The van der Waals surface area contributed by atoms with Crippen molar-refractivity contribution in [3.8, 4) is 0 Å². The van der Waals surface area contributed by atoms with Crippen molar-refractivity contribution in [2.24, 2.45) is 0 Å². The van der Waals surface area contributed by atoms with Crippen LogP contribution in [-0.4, -0.2) is 11.7 Å². The molecule has 0 aliphatic carbocycles. The Morgan fingerprint density at radius 3 is 2.36 bits per heavy atom. The van der Waals surface area contributed by atoms with E-state index in [2.05, 4.69) is 5.32 Å². The molecule has 3 rings (SSSR count). The van der Waals surface area contributed by atoms with Crippen LogP contribution in [0.3, 0.4) is 0 Å². The molecular weight excluding hydrogens is 330 g/mol. The van der Waals surface area contributed by atoms with Crippen molar-refractivity contribution in [1.82, 2.24) is 0 Å². The van der Waals surface area contributed by atoms with E-state index in [1.807, 2.05) is 60.0 Å². The monoisotopic (exact) mass is 347 g/mol. The van der Waals surface area contributed by atoms with Crippen molar-refractivity contribution in [2.75, 3.05) is 5.32 Å². The third kappa shape index (κ3) is 4.99. The molecule has 124 valence electrons. The van der Waals surface area contributed by atoms with Gasteiger partial charge in [0.15, 0.2) is 5.78 Å². The van der Waals surface area contributed by atoms with Gasteiger partial charge in [-0.2, -0.15) is 0 Å². The van der Waals surface area contributed by atoms with Gasteiger partial charge in [-0.15, -0.1) is 11.3 Å². The quantitative estimate of drug-likeness (QED) is 0.513. The zero-order chi connectivity index (χ0) is 17.5. The molecule has 0 aliphatic heterocycles. The minimum Gasteiger partial charge on any atom is -0.326 e. The van der Waals surface area contributed by atoms with E-state index in [1.165, 1.54) is 0 Å². The second-order valence-corrected chi connectivity index (χ2v) is 6.52. The van der Waals surface area contributed by atoms with Crippen molar-refractivity contribution < 1.29 is 9.59 Å². The Kier molecular flexibility index (Phi) is 5.54. The maximum absolute atomic E-state index is 12.0. The van der Waals surface area contributed by atoms with Gasteiger partial charge >= 0.3 is 0 Å². The Balaban J connectivity index is 1.57. The molecule has 0 saturated heterocycles. The minimum atomic E-state index is -0.0370. The lowest BCUT2D eigenvalue weighted by Gasteiger charge is -2.04. The lowest BCUT2D eigenvalue weighted by molar-refractivity contribution is -0.115. The van der Waals surface area contributed by atoms with Crippen molar-refractivity contribution in [2.45, 2.75) is 6.42 Å². The van der Waals surface area contributed by atoms with Gasteiger partial charge in [-0.3, -0.25) is 9.59 Å². The standard InChI is InChI=1S/C21H17NO2S/c23-20(17-5-2-1-3-6-17)13-10-16-8-11-18(12-9-16)22-21(24)15-19-7-4-14-25-19/h1-14H,15H2,(H,22,24)/b13-10-. The Bertz CT molecular complexity index is 866. The van der Waals surface area contributed by atoms with Crippen LogP contribution in [0.5, 0.6) is 0 Å². The second kappa shape index (κ2) is 8.22. The first-order valence-electron chi connectivity index (χ1n) is 7.90. The van der Waals surface area contributed by atoms with Crippen LogP contribution in [0.2, 0.25) is 0 Å². The zero-order valence-corrected chi connectivity index (χ0v) is 14.3. The van der Waals surface area contributed by atoms with Gasteiger partial charge in [-0.25, -0.2) is 0 Å². The maximum atomic E-state index is 12.0. The number of anilines is 1. The van der Waals surface area contributed by atoms with Gasteiger partial charge in [-0.1, -0.05) is 54.6 Å². The van der Waals surface area contributed by atoms with Crippen LogP contribution in [-0.2, 0) is 11.2 Å². The molecule has 1 N–H and O–H groups in total. The number of ketones is 1. The summed E-state index contributed by atoms with van der Waals surface area (Å²) >= 11 is 1.57. The van der Waals surface area contributed by atoms with E-state index < -0.39 is 0 Å². The van der Waals surface area contributed by atoms with Crippen molar-refractivity contribution in [3.05, 3.63) is 94.2 Å². The molecule has 3 nitrogen and oxygen atoms in total. The number of thiophene rings is 1. The van der Waals surface area contributed by atoms with Crippen LogP contribution < -0.4 is 5.32 Å². The summed E-state index contributed by atoms with van der Waals surface area (Å²) < 4.78 is 0. The molecule has 0 fully saturated rings. The first-order chi connectivity index (χ1) is 12.2. The molecule has 0 atom stereocenters. The number of amides is 1. The summed E-state index contributed by atoms with van der Waals surface area (Å²) in [6, 6.07) is 20.4. The fraction of sp³-hybridized carbons (Fsp3) is 0.0476. The van der Waals surface area contributed by atoms with Crippen LogP contribution in [0.1, 0.15) is 20.8 Å². The fourth-order valence-corrected chi connectivity index (χ4v) is 3.03. The van der Waals surface area contributed by atoms with Gasteiger partial charge in [0.2, 0.25) is 5.91 Å². The van der Waals surface area contributed by atoms with E-state index in [4.69, 9.17) is 0 Å². The predicted molar refractivity (Wildman–Crippen MR) is 103 cm³/mol. The van der Waals surface area contributed by atoms with E-state index in [-0.39, 0.29) is 11.7 Å². The average molecular weight is 347 g/mol. The highest BCUT2D eigenvalue weighted by Crippen LogP contribution is 2.14. The SMILES string of the molecule is O=C(Cc1cccs1)Nc1ccc(/C=C\C(=O)c2ccccc2)cc1. The Labute approximate surface area is 150 Å². The summed E-state index contributed by atoms with van der Waals surface area (Å²) in [7, 11) is 0. The molecule has 0 unspecified atom stereocenters. The van der Waals surface area contributed by atoms with Crippen molar-refractivity contribution in [1.29, 1.82) is 0 Å². The summed E-state index contributed by atoms with van der Waals surface area (Å²) in [5, 5.41) is 4.83. The molecule has 3 aromatic rings. The average Bonchev–Trinajstić information content (AvgIpc) is 3.14. The molecule has 25 heavy (non-hydrogen) atoms. The molecule has 0 radical (unpaired) electrons. The first kappa shape index (κ1) is 16.9. The number of hydrogen-bond donors (Lipinski definition) is 1. The fourth-order valence-electron chi connectivity index (χ4n) is 2.32. The molecule has 0 saturated carbocycles. The lowest BCUT2D eigenvalue weighted by atomic mass is 10.1. The minimum absolute atomic E-state index is 0.0334. The highest BCUT2D eigenvalue weighted by Gasteiger charge is 2.05. The molecule has 0 bridgehead atoms. The number of carbonyl (C=O) groups is 2. The smallest absolute Gasteiger partial charge is 0.229 e. The Hall–Kier alpha value is -2.98. The van der Waals surface area contributed by atoms with Crippen LogP contribution >= 0.6 is 11.3 Å². The van der Waals surface area contributed by atoms with Gasteiger partial charge in [-0.05, 0) is 35.2 Å². The third-order valence-corrected chi connectivity index (χ3v) is 4.47. The molecule has 0 spiro atoms. The van der Waals surface area contributed by atoms with Gasteiger partial charge in [0.25, 0.3) is 0 Å². The van der Waals surface area contributed by atoms with Gasteiger partial charge in [0, 0.05) is 16.1 Å². The van der Waals surface area contributed by atoms with Gasteiger partial charge < -0.3 is 5.32 Å². The molecule has 4 heteroatoms. The van der Waals surface area contributed by atoms with Crippen LogP contribution in [0.25, 0.3) is 6.08 Å². The van der Waals surface area contributed by atoms with E-state index >= 15 is 0 Å². The van der Waals surface area contributed by atoms with E-state index in [0.717, 1.165) is 16.1 Å². The molecule has 0 aliphatic rings. The first-order valence-corrected chi connectivity index (χ1v) is 8.78.